The van der Waals surface area contributed by atoms with Crippen molar-refractivity contribution in [1.29, 1.82) is 5.26 Å². The summed E-state index contributed by atoms with van der Waals surface area (Å²) in [7, 11) is 0. The smallest absolute Gasteiger partial charge is 0.383 e. The van der Waals surface area contributed by atoms with Gasteiger partial charge in [-0.05, 0) is 24.6 Å². The van der Waals surface area contributed by atoms with E-state index in [4.69, 9.17) is 5.26 Å². The van der Waals surface area contributed by atoms with Crippen LogP contribution < -0.4 is 5.32 Å². The van der Waals surface area contributed by atoms with E-state index in [1.807, 2.05) is 6.92 Å². The third-order valence-corrected chi connectivity index (χ3v) is 3.09. The number of anilines is 1. The maximum Gasteiger partial charge on any atom is 0.406 e. The molecule has 0 bridgehead atoms. The zero-order chi connectivity index (χ0) is 13.1. The number of hydrogen-bond donors (Lipinski definition) is 1. The number of nitrogens with zero attached hydrogens (tertiary/aromatic N) is 1. The fourth-order valence-corrected chi connectivity index (χ4v) is 1.54. The van der Waals surface area contributed by atoms with E-state index < -0.39 is 18.6 Å². The molecular formula is C11H10BrF3N2. The molecule has 92 valence electrons. The van der Waals surface area contributed by atoms with Crippen molar-refractivity contribution in [1.82, 2.24) is 0 Å². The van der Waals surface area contributed by atoms with Crippen molar-refractivity contribution in [3.05, 3.63) is 28.2 Å². The van der Waals surface area contributed by atoms with Crippen LogP contribution in [-0.4, -0.2) is 12.7 Å². The van der Waals surface area contributed by atoms with Crippen LogP contribution in [0.1, 0.15) is 5.56 Å². The monoisotopic (exact) mass is 306 g/mol. The molecule has 1 atom stereocenters. The van der Waals surface area contributed by atoms with Gasteiger partial charge in [0.15, 0.2) is 5.92 Å². The summed E-state index contributed by atoms with van der Waals surface area (Å²) in [5, 5.41) is 11.0. The molecule has 0 saturated heterocycles. The summed E-state index contributed by atoms with van der Waals surface area (Å²) in [5.41, 5.74) is 1.54. The second kappa shape index (κ2) is 5.41. The Bertz CT molecular complexity index is 437. The van der Waals surface area contributed by atoms with E-state index in [2.05, 4.69) is 21.2 Å². The van der Waals surface area contributed by atoms with Gasteiger partial charge in [-0.25, -0.2) is 0 Å². The summed E-state index contributed by atoms with van der Waals surface area (Å²) in [6.07, 6.45) is -4.50. The van der Waals surface area contributed by atoms with Crippen molar-refractivity contribution in [3.8, 4) is 6.07 Å². The first-order valence-electron chi connectivity index (χ1n) is 4.81. The van der Waals surface area contributed by atoms with Crippen molar-refractivity contribution in [2.24, 2.45) is 5.92 Å². The fourth-order valence-electron chi connectivity index (χ4n) is 1.16. The lowest BCUT2D eigenvalue weighted by Crippen LogP contribution is -2.28. The van der Waals surface area contributed by atoms with Crippen molar-refractivity contribution in [2.75, 3.05) is 11.9 Å². The average molecular weight is 307 g/mol. The molecule has 0 saturated carbocycles. The summed E-state index contributed by atoms with van der Waals surface area (Å²) >= 11 is 3.28. The second-order valence-electron chi connectivity index (χ2n) is 3.57. The summed E-state index contributed by atoms with van der Waals surface area (Å²) in [4.78, 5) is 0. The Kier molecular flexibility index (Phi) is 4.40. The van der Waals surface area contributed by atoms with Gasteiger partial charge in [-0.2, -0.15) is 18.4 Å². The summed E-state index contributed by atoms with van der Waals surface area (Å²) in [5.74, 6) is -2.00. The van der Waals surface area contributed by atoms with Gasteiger partial charge in [0.1, 0.15) is 0 Å². The van der Waals surface area contributed by atoms with Gasteiger partial charge in [-0.15, -0.1) is 0 Å². The molecule has 1 N–H and O–H groups in total. The molecule has 17 heavy (non-hydrogen) atoms. The quantitative estimate of drug-likeness (QED) is 0.920. The molecule has 0 amide bonds. The van der Waals surface area contributed by atoms with Crippen LogP contribution >= 0.6 is 15.9 Å². The number of nitriles is 1. The van der Waals surface area contributed by atoms with E-state index >= 15 is 0 Å². The van der Waals surface area contributed by atoms with Gasteiger partial charge >= 0.3 is 6.18 Å². The summed E-state index contributed by atoms with van der Waals surface area (Å²) in [6, 6.07) is 6.37. The number of alkyl halides is 3. The second-order valence-corrected chi connectivity index (χ2v) is 4.42. The lowest BCUT2D eigenvalue weighted by Gasteiger charge is -2.15. The molecule has 0 aliphatic heterocycles. The van der Waals surface area contributed by atoms with Crippen LogP contribution in [0.15, 0.2) is 22.7 Å². The third-order valence-electron chi connectivity index (χ3n) is 2.23. The molecule has 0 heterocycles. The molecule has 0 fully saturated rings. The Labute approximate surface area is 106 Å². The highest BCUT2D eigenvalue weighted by Crippen LogP contribution is 2.26. The number of benzene rings is 1. The summed E-state index contributed by atoms with van der Waals surface area (Å²) in [6.45, 7) is 1.43. The molecular weight excluding hydrogens is 297 g/mol. The van der Waals surface area contributed by atoms with Crippen LogP contribution in [0.4, 0.5) is 18.9 Å². The minimum absolute atomic E-state index is 0.449. The molecule has 0 aromatic heterocycles. The van der Waals surface area contributed by atoms with E-state index in [0.717, 1.165) is 10.0 Å². The highest BCUT2D eigenvalue weighted by molar-refractivity contribution is 9.10. The topological polar surface area (TPSA) is 35.8 Å². The highest BCUT2D eigenvalue weighted by atomic mass is 79.9. The maximum absolute atomic E-state index is 12.3. The average Bonchev–Trinajstić information content (AvgIpc) is 2.22. The van der Waals surface area contributed by atoms with Gasteiger partial charge in [0.2, 0.25) is 0 Å². The van der Waals surface area contributed by atoms with Crippen LogP contribution in [0, 0.1) is 24.2 Å². The first kappa shape index (κ1) is 13.8. The molecule has 1 unspecified atom stereocenters. The zero-order valence-corrected chi connectivity index (χ0v) is 10.6. The molecule has 1 aromatic carbocycles. The Morgan fingerprint density at radius 1 is 1.47 bits per heavy atom. The Morgan fingerprint density at radius 2 is 2.12 bits per heavy atom. The molecule has 0 aliphatic carbocycles. The van der Waals surface area contributed by atoms with E-state index in [1.165, 1.54) is 6.07 Å². The predicted octanol–water partition coefficient (Wildman–Crippen LogP) is 3.87. The molecule has 2 nitrogen and oxygen atoms in total. The standard InChI is InChI=1S/C11H10BrF3N2/c1-7-2-3-9(4-10(7)12)17-6-8(5-16)11(13,14)15/h2-4,8,17H,6H2,1H3. The van der Waals surface area contributed by atoms with Crippen LogP contribution in [0.2, 0.25) is 0 Å². The zero-order valence-electron chi connectivity index (χ0n) is 8.98. The van der Waals surface area contributed by atoms with Crippen molar-refractivity contribution >= 4 is 21.6 Å². The van der Waals surface area contributed by atoms with Gasteiger partial charge in [0.05, 0.1) is 6.07 Å². The van der Waals surface area contributed by atoms with Gasteiger partial charge in [-0.3, -0.25) is 0 Å². The molecule has 0 aliphatic rings. The largest absolute Gasteiger partial charge is 0.406 e. The lowest BCUT2D eigenvalue weighted by molar-refractivity contribution is -0.155. The van der Waals surface area contributed by atoms with Gasteiger partial charge in [0.25, 0.3) is 0 Å². The lowest BCUT2D eigenvalue weighted by atomic mass is 10.1. The molecule has 6 heteroatoms. The fraction of sp³-hybridized carbons (Fsp3) is 0.364. The van der Waals surface area contributed by atoms with E-state index in [0.29, 0.717) is 5.69 Å². The van der Waals surface area contributed by atoms with E-state index in [9.17, 15) is 13.2 Å². The number of hydrogen-bond acceptors (Lipinski definition) is 2. The first-order chi connectivity index (χ1) is 7.84. The Hall–Kier alpha value is -1.22. The number of rotatable bonds is 3. The van der Waals surface area contributed by atoms with Gasteiger partial charge < -0.3 is 5.32 Å². The Balaban J connectivity index is 2.67. The maximum atomic E-state index is 12.3. The normalized spacial score (nSPS) is 12.9. The van der Waals surface area contributed by atoms with Crippen molar-refractivity contribution in [2.45, 2.75) is 13.1 Å². The molecule has 0 spiro atoms. The number of aryl methyl sites for hydroxylation is 1. The van der Waals surface area contributed by atoms with Crippen molar-refractivity contribution < 1.29 is 13.2 Å². The van der Waals surface area contributed by atoms with Crippen LogP contribution in [-0.2, 0) is 0 Å². The van der Waals surface area contributed by atoms with Crippen LogP contribution in [0.25, 0.3) is 0 Å². The minimum atomic E-state index is -4.50. The molecule has 1 rings (SSSR count). The van der Waals surface area contributed by atoms with Crippen LogP contribution in [0.3, 0.4) is 0 Å². The summed E-state index contributed by atoms with van der Waals surface area (Å²) < 4.78 is 37.7. The number of nitrogens with one attached hydrogen (secondary N) is 1. The van der Waals surface area contributed by atoms with E-state index in [-0.39, 0.29) is 0 Å². The van der Waals surface area contributed by atoms with Crippen molar-refractivity contribution in [3.63, 3.8) is 0 Å². The van der Waals surface area contributed by atoms with E-state index in [1.54, 1.807) is 18.2 Å². The molecule has 1 aromatic rings. The number of halogens is 4. The van der Waals surface area contributed by atoms with Crippen LogP contribution in [0.5, 0.6) is 0 Å². The SMILES string of the molecule is Cc1ccc(NCC(C#N)C(F)(F)F)cc1Br. The van der Waals surface area contributed by atoms with Gasteiger partial charge in [-0.1, -0.05) is 22.0 Å². The highest BCUT2D eigenvalue weighted by Gasteiger charge is 2.39. The minimum Gasteiger partial charge on any atom is -0.383 e. The third kappa shape index (κ3) is 3.93. The Morgan fingerprint density at radius 3 is 2.59 bits per heavy atom. The first-order valence-corrected chi connectivity index (χ1v) is 5.60. The predicted molar refractivity (Wildman–Crippen MR) is 62.5 cm³/mol. The molecule has 0 radical (unpaired) electrons. The van der Waals surface area contributed by atoms with Gasteiger partial charge in [0, 0.05) is 16.7 Å².